The molecule has 360 valence electrons. The molecule has 4 saturated carbocycles. The molecule has 8 aliphatic carbocycles. The molecule has 20 atom stereocenters. The van der Waals surface area contributed by atoms with Crippen molar-refractivity contribution < 1.29 is 49.3 Å². The molecule has 4 saturated heterocycles. The average Bonchev–Trinajstić information content (AvgIpc) is 3.90. The van der Waals surface area contributed by atoms with Crippen molar-refractivity contribution in [1.82, 2.24) is 9.97 Å². The number of carbonyl (C=O) groups is 1. The van der Waals surface area contributed by atoms with Gasteiger partial charge in [-0.1, -0.05) is 57.9 Å². The van der Waals surface area contributed by atoms with Crippen LogP contribution < -0.4 is 0 Å². The van der Waals surface area contributed by atoms with Crippen LogP contribution in [0.5, 0.6) is 0 Å². The van der Waals surface area contributed by atoms with Crippen molar-refractivity contribution in [1.29, 1.82) is 0 Å². The highest BCUT2D eigenvalue weighted by Crippen LogP contribution is 2.72. The van der Waals surface area contributed by atoms with E-state index in [0.717, 1.165) is 78.9 Å². The number of fused-ring (bicyclic) bond motifs is 13. The van der Waals surface area contributed by atoms with Gasteiger partial charge in [0.25, 0.3) is 0 Å². The van der Waals surface area contributed by atoms with Crippen molar-refractivity contribution in [2.45, 2.75) is 198 Å². The van der Waals surface area contributed by atoms with Crippen LogP contribution in [0.3, 0.4) is 0 Å². The summed E-state index contributed by atoms with van der Waals surface area (Å²) in [5.74, 6) is -1.93. The molecule has 12 nitrogen and oxygen atoms in total. The minimum atomic E-state index is -1.33. The van der Waals surface area contributed by atoms with Crippen LogP contribution in [-0.4, -0.2) is 107 Å². The van der Waals surface area contributed by atoms with Gasteiger partial charge in [0.2, 0.25) is 0 Å². The van der Waals surface area contributed by atoms with Gasteiger partial charge < -0.3 is 44.5 Å². The van der Waals surface area contributed by atoms with Gasteiger partial charge in [0.1, 0.15) is 23.6 Å². The fourth-order valence-corrected chi connectivity index (χ4v) is 19.0. The van der Waals surface area contributed by atoms with E-state index in [-0.39, 0.29) is 66.3 Å². The number of allylic oxidation sites excluding steroid dienone is 1. The summed E-state index contributed by atoms with van der Waals surface area (Å²) in [6, 6.07) is 0. The summed E-state index contributed by atoms with van der Waals surface area (Å²) in [5.41, 5.74) is 0.00585. The fraction of sp³-hybridized carbons (Fsp3) is 0.833. The molecule has 0 aromatic carbocycles. The van der Waals surface area contributed by atoms with E-state index >= 15 is 0 Å². The number of ketones is 1. The lowest BCUT2D eigenvalue weighted by Gasteiger charge is -2.64. The number of hydrogen-bond acceptors (Lipinski definition) is 12. The molecule has 13 rings (SSSR count). The van der Waals surface area contributed by atoms with Gasteiger partial charge in [0.05, 0.1) is 64.3 Å². The van der Waals surface area contributed by atoms with Crippen molar-refractivity contribution in [3.63, 3.8) is 0 Å². The normalized spacial score (nSPS) is 57.0. The molecule has 4 aliphatic heterocycles. The summed E-state index contributed by atoms with van der Waals surface area (Å²) >= 11 is 0. The largest absolute Gasteiger partial charge is 0.392 e. The quantitative estimate of drug-likeness (QED) is 0.202. The van der Waals surface area contributed by atoms with Crippen LogP contribution in [0, 0.1) is 69.0 Å². The molecule has 0 radical (unpaired) electrons. The van der Waals surface area contributed by atoms with Crippen LogP contribution in [-0.2, 0) is 49.4 Å². The molecule has 1 aromatic rings. The number of hydrogen-bond donors (Lipinski definition) is 5. The number of carbonyl (C=O) groups excluding carboxylic acids is 1. The zero-order valence-corrected chi connectivity index (χ0v) is 40.5. The number of nitrogens with zero attached hydrogens (tertiary/aromatic N) is 2. The summed E-state index contributed by atoms with van der Waals surface area (Å²) in [5, 5.41) is 60.7. The Bertz CT molecular complexity index is 2390. The van der Waals surface area contributed by atoms with E-state index in [2.05, 4.69) is 39.8 Å². The molecule has 5 N–H and O–H groups in total. The highest BCUT2D eigenvalue weighted by atomic mass is 16.7. The fourth-order valence-electron chi connectivity index (χ4n) is 19.0. The SMILES string of the molecule is C[C@@H]1[C@]2(CC[C@](C)(O)CO2)O[C@H]2C=C3[C@@H]4CC[C@H]5Cc6nc7c(nc6C[C@]5(C)[C@H]4C[C@@H](O)[C@]3(C)[C@]21O)C[C@@H]1CC[C@H]2C3=CC[C@@H]4[C@H](C)[C@@]5(OC[C@]34C(=O)C[C@]2(O)[C@@]1(C)C7)OC(C)(C)C[C@H]5O. The predicted octanol–water partition coefficient (Wildman–Crippen LogP) is 5.65. The second-order valence-electron chi connectivity index (χ2n) is 26.1. The number of aliphatic hydroxyl groups excluding tert-OH is 2. The van der Waals surface area contributed by atoms with Gasteiger partial charge >= 0.3 is 0 Å². The third-order valence-electron chi connectivity index (χ3n) is 22.9. The molecule has 3 spiro atoms. The van der Waals surface area contributed by atoms with Crippen LogP contribution in [0.4, 0.5) is 0 Å². The lowest BCUT2D eigenvalue weighted by Crippen LogP contribution is -2.70. The maximum Gasteiger partial charge on any atom is 0.198 e. The van der Waals surface area contributed by atoms with Crippen LogP contribution in [0.1, 0.15) is 142 Å². The first kappa shape index (κ1) is 43.9. The molecular weight excluding hydrogens is 837 g/mol. The van der Waals surface area contributed by atoms with Crippen LogP contribution in [0.2, 0.25) is 0 Å². The smallest absolute Gasteiger partial charge is 0.198 e. The zero-order chi connectivity index (χ0) is 46.4. The number of aliphatic hydroxyl groups is 5. The second-order valence-corrected chi connectivity index (χ2v) is 26.1. The number of rotatable bonds is 0. The predicted molar refractivity (Wildman–Crippen MR) is 240 cm³/mol. The van der Waals surface area contributed by atoms with E-state index in [4.69, 9.17) is 28.9 Å². The average molecular weight is 911 g/mol. The van der Waals surface area contributed by atoms with Gasteiger partial charge in [-0.25, -0.2) is 0 Å². The second kappa shape index (κ2) is 13.0. The van der Waals surface area contributed by atoms with E-state index < -0.39 is 74.5 Å². The monoisotopic (exact) mass is 911 g/mol. The Balaban J connectivity index is 0.769. The Labute approximate surface area is 389 Å². The zero-order valence-electron chi connectivity index (χ0n) is 40.5. The van der Waals surface area contributed by atoms with Crippen molar-refractivity contribution in [2.24, 2.45) is 69.0 Å². The Morgan fingerprint density at radius 1 is 0.758 bits per heavy atom. The first-order chi connectivity index (χ1) is 30.9. The van der Waals surface area contributed by atoms with Crippen LogP contribution in [0.25, 0.3) is 0 Å². The van der Waals surface area contributed by atoms with Gasteiger partial charge in [-0.2, -0.15) is 0 Å². The maximum absolute atomic E-state index is 15.0. The van der Waals surface area contributed by atoms with Gasteiger partial charge in [-0.05, 0) is 126 Å². The summed E-state index contributed by atoms with van der Waals surface area (Å²) in [6.45, 7) is 16.9. The van der Waals surface area contributed by atoms with E-state index in [0.29, 0.717) is 44.4 Å². The van der Waals surface area contributed by atoms with E-state index in [1.807, 2.05) is 20.8 Å². The molecule has 66 heavy (non-hydrogen) atoms. The van der Waals surface area contributed by atoms with Crippen LogP contribution in [0.15, 0.2) is 23.3 Å². The third-order valence-corrected chi connectivity index (χ3v) is 22.9. The van der Waals surface area contributed by atoms with Gasteiger partial charge in [0, 0.05) is 47.8 Å². The molecule has 5 heterocycles. The summed E-state index contributed by atoms with van der Waals surface area (Å²) < 4.78 is 26.2. The molecule has 12 heteroatoms. The Morgan fingerprint density at radius 2 is 1.47 bits per heavy atom. The minimum Gasteiger partial charge on any atom is -0.392 e. The summed E-state index contributed by atoms with van der Waals surface area (Å²) in [6.07, 6.45) is 11.9. The molecule has 8 fully saturated rings. The van der Waals surface area contributed by atoms with Gasteiger partial charge in [-0.3, -0.25) is 14.8 Å². The topological polar surface area (TPSA) is 181 Å². The Hall–Kier alpha value is -2.13. The molecule has 0 bridgehead atoms. The van der Waals surface area contributed by atoms with Crippen molar-refractivity contribution >= 4 is 5.78 Å². The maximum atomic E-state index is 15.0. The third kappa shape index (κ3) is 4.97. The molecule has 0 unspecified atom stereocenters. The summed E-state index contributed by atoms with van der Waals surface area (Å²) in [4.78, 5) is 26.0. The van der Waals surface area contributed by atoms with Crippen molar-refractivity contribution in [2.75, 3.05) is 13.2 Å². The summed E-state index contributed by atoms with van der Waals surface area (Å²) in [7, 11) is 0. The molecular formula is C54H74N2O10. The highest BCUT2D eigenvalue weighted by molar-refractivity contribution is 5.92. The molecule has 0 amide bonds. The number of Topliss-reactive ketones (excluding diaryl/α,β-unsaturated/α-hetero) is 1. The lowest BCUT2D eigenvalue weighted by atomic mass is 9.42. The van der Waals surface area contributed by atoms with Crippen LogP contribution >= 0.6 is 0 Å². The van der Waals surface area contributed by atoms with E-state index in [1.54, 1.807) is 6.92 Å². The number of aromatic nitrogens is 2. The standard InChI is InChI=1S/C54H74N2O10/c1-27-32-13-14-33-34-12-10-30-18-38-40(22-48(30,7)51(34,61)24-42(58)50(32,33)26-64-54(27)43(59)23-45(3,4)66-54)56-37-17-29-9-11-31-35(47(29,6)21-39(37)55-38)19-41(57)49(8)36(31)20-44-53(49,62)28(2)52(65-44)16-15-46(5,60)25-63-52/h14,20,27-32,34-35,41,43-44,57,59-62H,9-13,15-19,21-26H2,1-8H3/t27-,28+,29-,30-,31+,32+,34-,35-,41+,43+,44-,46-,47-,48-,49+,50+,51+,52-,53+,54+/m0/s1. The van der Waals surface area contributed by atoms with E-state index in [9.17, 15) is 30.3 Å². The van der Waals surface area contributed by atoms with E-state index in [1.165, 1.54) is 0 Å². The first-order valence-corrected chi connectivity index (χ1v) is 25.9. The lowest BCUT2D eigenvalue weighted by molar-refractivity contribution is -0.337. The van der Waals surface area contributed by atoms with Gasteiger partial charge in [-0.15, -0.1) is 0 Å². The minimum absolute atomic E-state index is 0.0537. The van der Waals surface area contributed by atoms with Gasteiger partial charge in [0.15, 0.2) is 11.6 Å². The number of ether oxygens (including phenoxy) is 4. The highest BCUT2D eigenvalue weighted by Gasteiger charge is 2.77. The first-order valence-electron chi connectivity index (χ1n) is 25.9. The van der Waals surface area contributed by atoms with Crippen molar-refractivity contribution in [3.05, 3.63) is 46.1 Å². The Kier molecular flexibility index (Phi) is 8.66. The Morgan fingerprint density at radius 3 is 2.17 bits per heavy atom. The van der Waals surface area contributed by atoms with Crippen molar-refractivity contribution in [3.8, 4) is 0 Å². The molecule has 1 aromatic heterocycles. The molecule has 12 aliphatic rings.